The second kappa shape index (κ2) is 4.05. The summed E-state index contributed by atoms with van der Waals surface area (Å²) < 4.78 is 12.6. The highest BCUT2D eigenvalue weighted by Gasteiger charge is 2.09. The van der Waals surface area contributed by atoms with Gasteiger partial charge in [0.2, 0.25) is 0 Å². The fourth-order valence-corrected chi connectivity index (χ4v) is 1.14. The van der Waals surface area contributed by atoms with E-state index >= 15 is 0 Å². The van der Waals surface area contributed by atoms with Crippen molar-refractivity contribution in [2.75, 3.05) is 0 Å². The van der Waals surface area contributed by atoms with Crippen LogP contribution in [0.3, 0.4) is 0 Å². The molecule has 70 valence electrons. The van der Waals surface area contributed by atoms with E-state index in [9.17, 15) is 9.50 Å². The summed E-state index contributed by atoms with van der Waals surface area (Å²) in [4.78, 5) is 0. The van der Waals surface area contributed by atoms with Crippen molar-refractivity contribution in [2.24, 2.45) is 5.73 Å². The van der Waals surface area contributed by atoms with E-state index in [1.165, 1.54) is 12.1 Å². The molecule has 3 N–H and O–H groups in total. The summed E-state index contributed by atoms with van der Waals surface area (Å²) in [5.41, 5.74) is 6.25. The number of hydrogen-bond acceptors (Lipinski definition) is 2. The summed E-state index contributed by atoms with van der Waals surface area (Å²) in [5.74, 6) is -0.568. The van der Waals surface area contributed by atoms with Gasteiger partial charge in [-0.05, 0) is 12.5 Å². The highest BCUT2D eigenvalue weighted by atomic mass is 19.1. The van der Waals surface area contributed by atoms with Crippen LogP contribution in [0.15, 0.2) is 30.9 Å². The first kappa shape index (κ1) is 9.74. The lowest BCUT2D eigenvalue weighted by Gasteiger charge is -2.10. The number of halogens is 1. The molecule has 0 fully saturated rings. The molecular formula is C10H12FNO. The summed E-state index contributed by atoms with van der Waals surface area (Å²) >= 11 is 0. The van der Waals surface area contributed by atoms with Gasteiger partial charge in [0.15, 0.2) is 0 Å². The number of rotatable bonds is 3. The Morgan fingerprint density at radius 2 is 2.31 bits per heavy atom. The first-order chi connectivity index (χ1) is 6.15. The molecule has 0 saturated heterocycles. The monoisotopic (exact) mass is 181 g/mol. The fraction of sp³-hybridized carbons (Fsp3) is 0.200. The van der Waals surface area contributed by atoms with Crippen molar-refractivity contribution in [3.8, 4) is 5.75 Å². The third-order valence-corrected chi connectivity index (χ3v) is 1.81. The van der Waals surface area contributed by atoms with Gasteiger partial charge in [0, 0.05) is 17.7 Å². The molecule has 0 heterocycles. The van der Waals surface area contributed by atoms with Crippen molar-refractivity contribution >= 4 is 0 Å². The summed E-state index contributed by atoms with van der Waals surface area (Å²) in [6.07, 6.45) is 2.21. The molecule has 1 unspecified atom stereocenters. The lowest BCUT2D eigenvalue weighted by atomic mass is 10.0. The first-order valence-electron chi connectivity index (χ1n) is 4.00. The standard InChI is InChI=1S/C10H12FNO/c1-2-3-9(12)8-5-4-7(11)6-10(8)13/h2,4-6,9,13H,1,3,12H2. The highest BCUT2D eigenvalue weighted by Crippen LogP contribution is 2.25. The molecule has 0 radical (unpaired) electrons. The Labute approximate surface area is 76.5 Å². The van der Waals surface area contributed by atoms with Gasteiger partial charge in [0.05, 0.1) is 0 Å². The van der Waals surface area contributed by atoms with Crippen molar-refractivity contribution in [1.82, 2.24) is 0 Å². The molecule has 1 aromatic rings. The Bertz CT molecular complexity index is 312. The van der Waals surface area contributed by atoms with Crippen LogP contribution in [0.2, 0.25) is 0 Å². The van der Waals surface area contributed by atoms with Gasteiger partial charge in [-0.2, -0.15) is 0 Å². The Hall–Kier alpha value is -1.35. The molecule has 0 spiro atoms. The number of phenols is 1. The van der Waals surface area contributed by atoms with Crippen LogP contribution in [0.1, 0.15) is 18.0 Å². The number of hydrogen-bond donors (Lipinski definition) is 2. The third kappa shape index (κ3) is 2.29. The molecule has 0 amide bonds. The molecule has 0 aliphatic heterocycles. The topological polar surface area (TPSA) is 46.2 Å². The zero-order valence-electron chi connectivity index (χ0n) is 7.20. The van der Waals surface area contributed by atoms with Crippen LogP contribution in [-0.4, -0.2) is 5.11 Å². The van der Waals surface area contributed by atoms with E-state index < -0.39 is 5.82 Å². The molecule has 0 aromatic heterocycles. The van der Waals surface area contributed by atoms with Crippen molar-refractivity contribution in [3.05, 3.63) is 42.2 Å². The molecule has 0 aliphatic carbocycles. The minimum Gasteiger partial charge on any atom is -0.508 e. The van der Waals surface area contributed by atoms with E-state index in [0.29, 0.717) is 12.0 Å². The van der Waals surface area contributed by atoms with E-state index in [4.69, 9.17) is 5.73 Å². The smallest absolute Gasteiger partial charge is 0.126 e. The third-order valence-electron chi connectivity index (χ3n) is 1.81. The van der Waals surface area contributed by atoms with Gasteiger partial charge >= 0.3 is 0 Å². The molecule has 3 heteroatoms. The van der Waals surface area contributed by atoms with Crippen LogP contribution in [0.25, 0.3) is 0 Å². The van der Waals surface area contributed by atoms with Gasteiger partial charge in [0.25, 0.3) is 0 Å². The Kier molecular flexibility index (Phi) is 3.03. The summed E-state index contributed by atoms with van der Waals surface area (Å²) in [6.45, 7) is 3.54. The predicted molar refractivity (Wildman–Crippen MR) is 49.8 cm³/mol. The van der Waals surface area contributed by atoms with E-state index in [-0.39, 0.29) is 11.8 Å². The predicted octanol–water partition coefficient (Wildman–Crippen LogP) is 2.11. The molecule has 1 atom stereocenters. The number of aromatic hydroxyl groups is 1. The maximum atomic E-state index is 12.6. The van der Waals surface area contributed by atoms with Crippen LogP contribution in [0.4, 0.5) is 4.39 Å². The van der Waals surface area contributed by atoms with Crippen molar-refractivity contribution < 1.29 is 9.50 Å². The van der Waals surface area contributed by atoms with Gasteiger partial charge in [0.1, 0.15) is 11.6 Å². The lowest BCUT2D eigenvalue weighted by molar-refractivity contribution is 0.455. The Morgan fingerprint density at radius 3 is 2.85 bits per heavy atom. The van der Waals surface area contributed by atoms with Crippen molar-refractivity contribution in [1.29, 1.82) is 0 Å². The molecular weight excluding hydrogens is 169 g/mol. The number of phenolic OH excluding ortho intramolecular Hbond substituents is 1. The van der Waals surface area contributed by atoms with Crippen molar-refractivity contribution in [3.63, 3.8) is 0 Å². The normalized spacial score (nSPS) is 12.5. The molecule has 13 heavy (non-hydrogen) atoms. The van der Waals surface area contributed by atoms with Gasteiger partial charge in [-0.15, -0.1) is 6.58 Å². The van der Waals surface area contributed by atoms with E-state index in [2.05, 4.69) is 6.58 Å². The van der Waals surface area contributed by atoms with Gasteiger partial charge in [-0.3, -0.25) is 0 Å². The van der Waals surface area contributed by atoms with Crippen LogP contribution in [-0.2, 0) is 0 Å². The van der Waals surface area contributed by atoms with Gasteiger partial charge < -0.3 is 10.8 Å². The molecule has 2 nitrogen and oxygen atoms in total. The molecule has 1 aromatic carbocycles. The molecule has 0 saturated carbocycles. The SMILES string of the molecule is C=CCC(N)c1ccc(F)cc1O. The van der Waals surface area contributed by atoms with Crippen LogP contribution in [0.5, 0.6) is 5.75 Å². The number of nitrogens with two attached hydrogens (primary N) is 1. The molecule has 0 bridgehead atoms. The highest BCUT2D eigenvalue weighted by molar-refractivity contribution is 5.35. The average molecular weight is 181 g/mol. The molecule has 0 aliphatic rings. The quantitative estimate of drug-likeness (QED) is 0.701. The zero-order chi connectivity index (χ0) is 9.84. The summed E-state index contributed by atoms with van der Waals surface area (Å²) in [5, 5.41) is 9.33. The Balaban J connectivity index is 2.94. The summed E-state index contributed by atoms with van der Waals surface area (Å²) in [7, 11) is 0. The first-order valence-corrected chi connectivity index (χ1v) is 4.00. The Morgan fingerprint density at radius 1 is 1.62 bits per heavy atom. The second-order valence-corrected chi connectivity index (χ2v) is 2.83. The maximum Gasteiger partial charge on any atom is 0.126 e. The minimum atomic E-state index is -0.466. The lowest BCUT2D eigenvalue weighted by Crippen LogP contribution is -2.09. The zero-order valence-corrected chi connectivity index (χ0v) is 7.20. The average Bonchev–Trinajstić information content (AvgIpc) is 2.04. The van der Waals surface area contributed by atoms with E-state index in [0.717, 1.165) is 6.07 Å². The molecule has 1 rings (SSSR count). The van der Waals surface area contributed by atoms with E-state index in [1.807, 2.05) is 0 Å². The second-order valence-electron chi connectivity index (χ2n) is 2.83. The van der Waals surface area contributed by atoms with Crippen LogP contribution >= 0.6 is 0 Å². The van der Waals surface area contributed by atoms with Gasteiger partial charge in [-0.25, -0.2) is 4.39 Å². The summed E-state index contributed by atoms with van der Waals surface area (Å²) in [6, 6.07) is 3.49. The largest absolute Gasteiger partial charge is 0.508 e. The van der Waals surface area contributed by atoms with Crippen LogP contribution < -0.4 is 5.73 Å². The number of benzene rings is 1. The maximum absolute atomic E-state index is 12.6. The van der Waals surface area contributed by atoms with E-state index in [1.54, 1.807) is 6.08 Å². The minimum absolute atomic E-state index is 0.102. The van der Waals surface area contributed by atoms with Crippen molar-refractivity contribution in [2.45, 2.75) is 12.5 Å². The van der Waals surface area contributed by atoms with Gasteiger partial charge in [-0.1, -0.05) is 12.1 Å². The van der Waals surface area contributed by atoms with Crippen LogP contribution in [0, 0.1) is 5.82 Å². The fourth-order valence-electron chi connectivity index (χ4n) is 1.14.